The summed E-state index contributed by atoms with van der Waals surface area (Å²) in [6, 6.07) is 6.22. The van der Waals surface area contributed by atoms with Crippen LogP contribution in [0.15, 0.2) is 33.9 Å². The molecule has 2 heterocycles. The van der Waals surface area contributed by atoms with E-state index in [0.29, 0.717) is 15.6 Å². The van der Waals surface area contributed by atoms with E-state index in [1.165, 1.54) is 0 Å². The molecule has 6 nitrogen and oxygen atoms in total. The first kappa shape index (κ1) is 14.6. The molecule has 0 spiro atoms. The number of nitrogens with one attached hydrogen (secondary N) is 1. The minimum atomic E-state index is -1.18. The molecule has 0 saturated heterocycles. The van der Waals surface area contributed by atoms with Crippen LogP contribution in [-0.4, -0.2) is 20.6 Å². The maximum absolute atomic E-state index is 12.6. The Bertz CT molecular complexity index is 1010. The van der Waals surface area contributed by atoms with Crippen molar-refractivity contribution in [3.63, 3.8) is 0 Å². The van der Waals surface area contributed by atoms with E-state index in [2.05, 4.69) is 4.98 Å². The van der Waals surface area contributed by atoms with E-state index in [1.54, 1.807) is 31.2 Å². The SMILES string of the molecule is Cc1sc(C(=O)O)c2[nH]c(=O)n(-c3ccc(Cl)cc3)c(=O)c12. The third kappa shape index (κ3) is 2.15. The first-order valence-electron chi connectivity index (χ1n) is 6.18. The van der Waals surface area contributed by atoms with Crippen molar-refractivity contribution in [3.8, 4) is 5.69 Å². The highest BCUT2D eigenvalue weighted by molar-refractivity contribution is 7.15. The summed E-state index contributed by atoms with van der Waals surface area (Å²) in [5, 5.41) is 9.85. The molecule has 0 radical (unpaired) electrons. The Labute approximate surface area is 132 Å². The molecule has 0 aliphatic heterocycles. The number of carboxylic acid groups (broad SMARTS) is 1. The fourth-order valence-electron chi connectivity index (χ4n) is 2.26. The Balaban J connectivity index is 2.42. The second-order valence-corrected chi connectivity index (χ2v) is 6.25. The second-order valence-electron chi connectivity index (χ2n) is 4.59. The standard InChI is InChI=1S/C14H9ClN2O4S/c1-6-9-10(11(22-6)13(19)20)16-14(21)17(12(9)18)8-4-2-7(15)3-5-8/h2-5H,1H3,(H,16,21)(H,19,20). The van der Waals surface area contributed by atoms with Gasteiger partial charge in [-0.2, -0.15) is 0 Å². The van der Waals surface area contributed by atoms with Crippen molar-refractivity contribution in [1.29, 1.82) is 0 Å². The summed E-state index contributed by atoms with van der Waals surface area (Å²) in [5.41, 5.74) is -0.822. The predicted molar refractivity (Wildman–Crippen MR) is 84.7 cm³/mol. The van der Waals surface area contributed by atoms with Crippen molar-refractivity contribution in [2.45, 2.75) is 6.92 Å². The van der Waals surface area contributed by atoms with Gasteiger partial charge in [-0.15, -0.1) is 11.3 Å². The zero-order valence-electron chi connectivity index (χ0n) is 11.2. The second kappa shape index (κ2) is 5.11. The van der Waals surface area contributed by atoms with E-state index in [-0.39, 0.29) is 15.8 Å². The van der Waals surface area contributed by atoms with Gasteiger partial charge in [-0.3, -0.25) is 4.79 Å². The number of halogens is 1. The number of benzene rings is 1. The summed E-state index contributed by atoms with van der Waals surface area (Å²) < 4.78 is 0.962. The van der Waals surface area contributed by atoms with Crippen LogP contribution >= 0.6 is 22.9 Å². The molecule has 0 aliphatic rings. The first-order chi connectivity index (χ1) is 10.4. The molecular weight excluding hydrogens is 328 g/mol. The van der Waals surface area contributed by atoms with E-state index in [0.717, 1.165) is 15.9 Å². The largest absolute Gasteiger partial charge is 0.477 e. The Morgan fingerprint density at radius 2 is 1.91 bits per heavy atom. The summed E-state index contributed by atoms with van der Waals surface area (Å²) in [7, 11) is 0. The van der Waals surface area contributed by atoms with E-state index < -0.39 is 17.2 Å². The average molecular weight is 337 g/mol. The summed E-state index contributed by atoms with van der Waals surface area (Å²) in [4.78, 5) is 39.0. The number of H-pyrrole nitrogens is 1. The molecule has 112 valence electrons. The number of aromatic amines is 1. The van der Waals surface area contributed by atoms with Gasteiger partial charge in [0.15, 0.2) is 0 Å². The molecule has 0 unspecified atom stereocenters. The number of nitrogens with zero attached hydrogens (tertiary/aromatic N) is 1. The lowest BCUT2D eigenvalue weighted by Crippen LogP contribution is -2.33. The van der Waals surface area contributed by atoms with Crippen molar-refractivity contribution in [3.05, 3.63) is 59.9 Å². The van der Waals surface area contributed by atoms with Gasteiger partial charge in [0.25, 0.3) is 5.56 Å². The number of aryl methyl sites for hydroxylation is 1. The number of rotatable bonds is 2. The number of aromatic carboxylic acids is 1. The fraction of sp³-hybridized carbons (Fsp3) is 0.0714. The molecule has 2 N–H and O–H groups in total. The maximum atomic E-state index is 12.6. The molecule has 22 heavy (non-hydrogen) atoms. The van der Waals surface area contributed by atoms with Crippen LogP contribution < -0.4 is 11.2 Å². The van der Waals surface area contributed by atoms with Crippen molar-refractivity contribution >= 4 is 39.8 Å². The lowest BCUT2D eigenvalue weighted by Gasteiger charge is -2.05. The fourth-order valence-corrected chi connectivity index (χ4v) is 3.33. The molecule has 1 aromatic carbocycles. The Morgan fingerprint density at radius 3 is 2.50 bits per heavy atom. The normalized spacial score (nSPS) is 11.0. The van der Waals surface area contributed by atoms with Crippen LogP contribution in [0.4, 0.5) is 0 Å². The molecule has 3 aromatic rings. The molecule has 0 bridgehead atoms. The van der Waals surface area contributed by atoms with Crippen molar-refractivity contribution in [2.24, 2.45) is 0 Å². The third-order valence-corrected chi connectivity index (χ3v) is 4.56. The molecule has 3 rings (SSSR count). The van der Waals surface area contributed by atoms with Crippen LogP contribution in [0.2, 0.25) is 5.02 Å². The quantitative estimate of drug-likeness (QED) is 0.751. The zero-order valence-corrected chi connectivity index (χ0v) is 12.8. The van der Waals surface area contributed by atoms with Crippen LogP contribution in [-0.2, 0) is 0 Å². The Hall–Kier alpha value is -2.38. The van der Waals surface area contributed by atoms with Gasteiger partial charge in [0, 0.05) is 9.90 Å². The zero-order chi connectivity index (χ0) is 16.0. The Morgan fingerprint density at radius 1 is 1.27 bits per heavy atom. The summed E-state index contributed by atoms with van der Waals surface area (Å²) >= 11 is 6.76. The predicted octanol–water partition coefficient (Wildman–Crippen LogP) is 2.40. The molecule has 0 saturated carbocycles. The molecule has 0 amide bonds. The van der Waals surface area contributed by atoms with Gasteiger partial charge < -0.3 is 10.1 Å². The van der Waals surface area contributed by atoms with Crippen LogP contribution in [0.5, 0.6) is 0 Å². The minimum Gasteiger partial charge on any atom is -0.477 e. The van der Waals surface area contributed by atoms with Gasteiger partial charge in [0.05, 0.1) is 16.6 Å². The number of hydrogen-bond acceptors (Lipinski definition) is 4. The first-order valence-corrected chi connectivity index (χ1v) is 7.37. The smallest absolute Gasteiger partial charge is 0.348 e. The van der Waals surface area contributed by atoms with Crippen LogP contribution in [0.25, 0.3) is 16.6 Å². The van der Waals surface area contributed by atoms with Gasteiger partial charge in [0.1, 0.15) is 4.88 Å². The van der Waals surface area contributed by atoms with Gasteiger partial charge in [-0.25, -0.2) is 14.2 Å². The highest BCUT2D eigenvalue weighted by atomic mass is 35.5. The van der Waals surface area contributed by atoms with Crippen molar-refractivity contribution in [2.75, 3.05) is 0 Å². The number of hydrogen-bond donors (Lipinski definition) is 2. The summed E-state index contributed by atoms with van der Waals surface area (Å²) in [6.45, 7) is 1.64. The van der Waals surface area contributed by atoms with Gasteiger partial charge in [-0.1, -0.05) is 11.6 Å². The monoisotopic (exact) mass is 336 g/mol. The maximum Gasteiger partial charge on any atom is 0.348 e. The lowest BCUT2D eigenvalue weighted by atomic mass is 10.2. The summed E-state index contributed by atoms with van der Waals surface area (Å²) in [5.74, 6) is -1.18. The Kier molecular flexibility index (Phi) is 3.38. The van der Waals surface area contributed by atoms with Crippen LogP contribution in [0, 0.1) is 6.92 Å². The van der Waals surface area contributed by atoms with Gasteiger partial charge in [0.2, 0.25) is 0 Å². The number of fused-ring (bicyclic) bond motifs is 1. The minimum absolute atomic E-state index is 0.0510. The number of thiophene rings is 1. The molecule has 0 atom stereocenters. The highest BCUT2D eigenvalue weighted by Crippen LogP contribution is 2.26. The van der Waals surface area contributed by atoms with Crippen LogP contribution in [0.3, 0.4) is 0 Å². The van der Waals surface area contributed by atoms with E-state index in [1.807, 2.05) is 0 Å². The molecule has 0 aliphatic carbocycles. The molecular formula is C14H9ClN2O4S. The average Bonchev–Trinajstić information content (AvgIpc) is 2.78. The van der Waals surface area contributed by atoms with Crippen molar-refractivity contribution < 1.29 is 9.90 Å². The molecule has 8 heteroatoms. The molecule has 2 aromatic heterocycles. The van der Waals surface area contributed by atoms with Gasteiger partial charge in [-0.05, 0) is 31.2 Å². The lowest BCUT2D eigenvalue weighted by molar-refractivity contribution is 0.0704. The van der Waals surface area contributed by atoms with E-state index in [9.17, 15) is 14.4 Å². The third-order valence-electron chi connectivity index (χ3n) is 3.22. The highest BCUT2D eigenvalue weighted by Gasteiger charge is 2.20. The molecule has 0 fully saturated rings. The van der Waals surface area contributed by atoms with Gasteiger partial charge >= 0.3 is 11.7 Å². The van der Waals surface area contributed by atoms with Crippen LogP contribution in [0.1, 0.15) is 14.5 Å². The van der Waals surface area contributed by atoms with E-state index >= 15 is 0 Å². The number of carboxylic acids is 1. The van der Waals surface area contributed by atoms with E-state index in [4.69, 9.17) is 16.7 Å². The number of aromatic nitrogens is 2. The number of carbonyl (C=O) groups is 1. The van der Waals surface area contributed by atoms with Crippen molar-refractivity contribution in [1.82, 2.24) is 9.55 Å². The summed E-state index contributed by atoms with van der Waals surface area (Å²) in [6.07, 6.45) is 0. The topological polar surface area (TPSA) is 92.2 Å².